The van der Waals surface area contributed by atoms with E-state index >= 15 is 0 Å². The minimum atomic E-state index is 0.287. The van der Waals surface area contributed by atoms with Gasteiger partial charge in [0.05, 0.1) is 15.3 Å². The van der Waals surface area contributed by atoms with Gasteiger partial charge in [-0.25, -0.2) is 0 Å². The third kappa shape index (κ3) is 3.23. The number of thiophene rings is 2. The summed E-state index contributed by atoms with van der Waals surface area (Å²) in [6.07, 6.45) is 1.08. The molecule has 0 bridgehead atoms. The number of aromatic nitrogens is 2. The molecular formula is C26H26N2S2. The first kappa shape index (κ1) is 19.7. The summed E-state index contributed by atoms with van der Waals surface area (Å²) in [4.78, 5) is 2.56. The Balaban J connectivity index is 1.78. The molecule has 0 saturated heterocycles. The minimum absolute atomic E-state index is 0.287. The van der Waals surface area contributed by atoms with Crippen molar-refractivity contribution in [3.05, 3.63) is 58.1 Å². The average molecular weight is 431 g/mol. The molecule has 3 heterocycles. The van der Waals surface area contributed by atoms with Gasteiger partial charge in [0.25, 0.3) is 0 Å². The number of rotatable bonds is 2. The van der Waals surface area contributed by atoms with Crippen LogP contribution in [0.25, 0.3) is 41.5 Å². The Kier molecular flexibility index (Phi) is 4.49. The Bertz CT molecular complexity index is 1410. The topological polar surface area (TPSA) is 25.8 Å². The van der Waals surface area contributed by atoms with Crippen molar-refractivity contribution in [2.24, 2.45) is 5.41 Å². The van der Waals surface area contributed by atoms with E-state index in [9.17, 15) is 0 Å². The first-order valence-electron chi connectivity index (χ1n) is 10.4. The van der Waals surface area contributed by atoms with Crippen LogP contribution in [0.3, 0.4) is 0 Å². The average Bonchev–Trinajstić information content (AvgIpc) is 3.21. The van der Waals surface area contributed by atoms with Gasteiger partial charge in [-0.1, -0.05) is 51.1 Å². The smallest absolute Gasteiger partial charge is 0.121 e. The van der Waals surface area contributed by atoms with Crippen molar-refractivity contribution in [1.29, 1.82) is 0 Å². The van der Waals surface area contributed by atoms with Crippen LogP contribution in [0.5, 0.6) is 0 Å². The maximum absolute atomic E-state index is 4.63. The van der Waals surface area contributed by atoms with E-state index in [0.29, 0.717) is 0 Å². The van der Waals surface area contributed by atoms with Crippen molar-refractivity contribution in [2.75, 3.05) is 0 Å². The predicted octanol–water partition coefficient (Wildman–Crippen LogP) is 8.24. The molecule has 0 atom stereocenters. The number of nitrogens with zero attached hydrogens (tertiary/aromatic N) is 2. The molecule has 0 N–H and O–H groups in total. The van der Waals surface area contributed by atoms with Crippen LogP contribution in [0.2, 0.25) is 0 Å². The second-order valence-corrected chi connectivity index (χ2v) is 11.8. The van der Waals surface area contributed by atoms with Crippen molar-refractivity contribution in [2.45, 2.75) is 48.0 Å². The fraction of sp³-hybridized carbons (Fsp3) is 0.308. The first-order chi connectivity index (χ1) is 14.2. The molecule has 0 spiro atoms. The molecule has 4 heteroatoms. The monoisotopic (exact) mass is 430 g/mol. The molecule has 0 radical (unpaired) electrons. The summed E-state index contributed by atoms with van der Waals surface area (Å²) in [7, 11) is 0. The van der Waals surface area contributed by atoms with Crippen LogP contribution in [0.4, 0.5) is 0 Å². The van der Waals surface area contributed by atoms with Gasteiger partial charge in [0.15, 0.2) is 0 Å². The predicted molar refractivity (Wildman–Crippen MR) is 133 cm³/mol. The highest BCUT2D eigenvalue weighted by Crippen LogP contribution is 2.44. The quantitative estimate of drug-likeness (QED) is 0.282. The zero-order valence-corrected chi connectivity index (χ0v) is 20.0. The Morgan fingerprint density at radius 1 is 0.833 bits per heavy atom. The molecule has 0 unspecified atom stereocenters. The number of fused-ring (bicyclic) bond motifs is 5. The van der Waals surface area contributed by atoms with Crippen LogP contribution in [-0.2, 0) is 6.42 Å². The summed E-state index contributed by atoms with van der Waals surface area (Å²) in [6.45, 7) is 13.3. The molecule has 0 saturated carbocycles. The molecule has 3 aromatic heterocycles. The maximum atomic E-state index is 4.63. The van der Waals surface area contributed by atoms with Crippen molar-refractivity contribution in [3.63, 3.8) is 0 Å². The molecule has 5 aromatic rings. The molecule has 0 aliphatic rings. The van der Waals surface area contributed by atoms with Gasteiger partial charge in [0.2, 0.25) is 0 Å². The summed E-state index contributed by atoms with van der Waals surface area (Å²) in [6, 6.07) is 13.8. The lowest BCUT2D eigenvalue weighted by molar-refractivity contribution is 0.411. The lowest BCUT2D eigenvalue weighted by Gasteiger charge is -2.18. The van der Waals surface area contributed by atoms with E-state index in [0.717, 1.165) is 17.8 Å². The third-order valence-corrected chi connectivity index (χ3v) is 8.15. The van der Waals surface area contributed by atoms with Gasteiger partial charge in [-0.2, -0.15) is 5.10 Å². The van der Waals surface area contributed by atoms with E-state index in [2.05, 4.69) is 88.1 Å². The summed E-state index contributed by atoms with van der Waals surface area (Å²) in [5, 5.41) is 14.4. The molecule has 2 nitrogen and oxygen atoms in total. The highest BCUT2D eigenvalue weighted by Gasteiger charge is 2.19. The fourth-order valence-corrected chi connectivity index (χ4v) is 6.73. The van der Waals surface area contributed by atoms with Crippen molar-refractivity contribution >= 4 is 53.6 Å². The normalized spacial score (nSPS) is 12.5. The van der Waals surface area contributed by atoms with Gasteiger partial charge in [-0.15, -0.1) is 27.8 Å². The summed E-state index contributed by atoms with van der Waals surface area (Å²) in [5.74, 6) is 0. The second kappa shape index (κ2) is 6.86. The molecular weight excluding hydrogens is 404 g/mol. The number of hydrogen-bond donors (Lipinski definition) is 0. The Labute approximate surface area is 185 Å². The zero-order valence-electron chi connectivity index (χ0n) is 18.4. The SMILES string of the molecule is Cc1cc(-c2nnc(C)c3c2sc2c4ccc(CC(C)(C)C)cc4ccc23)sc1C. The Morgan fingerprint density at radius 3 is 2.30 bits per heavy atom. The number of aryl methyl sites for hydroxylation is 3. The largest absolute Gasteiger partial charge is 0.155 e. The highest BCUT2D eigenvalue weighted by atomic mass is 32.1. The van der Waals surface area contributed by atoms with Crippen molar-refractivity contribution in [1.82, 2.24) is 10.2 Å². The minimum Gasteiger partial charge on any atom is -0.155 e. The first-order valence-corrected chi connectivity index (χ1v) is 12.0. The van der Waals surface area contributed by atoms with Gasteiger partial charge in [0, 0.05) is 20.3 Å². The zero-order chi connectivity index (χ0) is 21.2. The highest BCUT2D eigenvalue weighted by molar-refractivity contribution is 7.27. The lowest BCUT2D eigenvalue weighted by Crippen LogP contribution is -2.08. The second-order valence-electron chi connectivity index (χ2n) is 9.53. The van der Waals surface area contributed by atoms with Gasteiger partial charge in [0.1, 0.15) is 5.69 Å². The molecule has 2 aromatic carbocycles. The molecule has 0 aliphatic heterocycles. The van der Waals surface area contributed by atoms with Crippen LogP contribution >= 0.6 is 22.7 Å². The summed E-state index contributed by atoms with van der Waals surface area (Å²) < 4.78 is 2.60. The van der Waals surface area contributed by atoms with Crippen LogP contribution in [0.1, 0.15) is 42.5 Å². The fourth-order valence-electron chi connectivity index (χ4n) is 4.25. The van der Waals surface area contributed by atoms with Gasteiger partial charge >= 0.3 is 0 Å². The van der Waals surface area contributed by atoms with Crippen LogP contribution in [-0.4, -0.2) is 10.2 Å². The molecule has 0 amide bonds. The van der Waals surface area contributed by atoms with Gasteiger partial charge < -0.3 is 0 Å². The van der Waals surface area contributed by atoms with Gasteiger partial charge in [-0.3, -0.25) is 0 Å². The van der Waals surface area contributed by atoms with E-state index in [4.69, 9.17) is 0 Å². The molecule has 5 rings (SSSR count). The molecule has 0 aliphatic carbocycles. The van der Waals surface area contributed by atoms with Gasteiger partial charge in [-0.05, 0) is 60.6 Å². The van der Waals surface area contributed by atoms with Crippen LogP contribution in [0.15, 0.2) is 36.4 Å². The molecule has 152 valence electrons. The molecule has 30 heavy (non-hydrogen) atoms. The number of hydrogen-bond acceptors (Lipinski definition) is 4. The Hall–Kier alpha value is -2.30. The van der Waals surface area contributed by atoms with Crippen molar-refractivity contribution in [3.8, 4) is 10.6 Å². The van der Waals surface area contributed by atoms with E-state index < -0.39 is 0 Å². The van der Waals surface area contributed by atoms with E-state index in [1.807, 2.05) is 22.7 Å². The van der Waals surface area contributed by atoms with Crippen LogP contribution in [0, 0.1) is 26.2 Å². The standard InChI is InChI=1S/C26H26N2S2/c1-14-11-21(29-16(14)3)23-25-22(15(2)27-28-23)20-10-8-18-12-17(13-26(4,5)6)7-9-19(18)24(20)30-25/h7-12H,13H2,1-6H3. The Morgan fingerprint density at radius 2 is 1.60 bits per heavy atom. The third-order valence-electron chi connectivity index (χ3n) is 5.75. The molecule has 0 fully saturated rings. The van der Waals surface area contributed by atoms with E-state index in [1.165, 1.54) is 51.8 Å². The summed E-state index contributed by atoms with van der Waals surface area (Å²) in [5.41, 5.74) is 5.04. The van der Waals surface area contributed by atoms with Crippen LogP contribution < -0.4 is 0 Å². The summed E-state index contributed by atoms with van der Waals surface area (Å²) >= 11 is 3.68. The van der Waals surface area contributed by atoms with E-state index in [1.54, 1.807) is 0 Å². The number of benzene rings is 2. The maximum Gasteiger partial charge on any atom is 0.121 e. The van der Waals surface area contributed by atoms with Crippen molar-refractivity contribution < 1.29 is 0 Å². The van der Waals surface area contributed by atoms with E-state index in [-0.39, 0.29) is 5.41 Å². The lowest BCUT2D eigenvalue weighted by atomic mass is 9.87.